The van der Waals surface area contributed by atoms with Crippen molar-refractivity contribution in [2.75, 3.05) is 34.3 Å². The maximum absolute atomic E-state index is 6.19. The van der Waals surface area contributed by atoms with Crippen LogP contribution < -0.4 is 0 Å². The van der Waals surface area contributed by atoms with Crippen LogP contribution in [0, 0.1) is 17.8 Å². The third-order valence-corrected chi connectivity index (χ3v) is 4.06. The maximum atomic E-state index is 6.19. The smallest absolute Gasteiger partial charge is 0.102 e. The van der Waals surface area contributed by atoms with Gasteiger partial charge in [0, 0.05) is 0 Å². The van der Waals surface area contributed by atoms with Gasteiger partial charge in [0.05, 0.1) is 33.9 Å². The SMILES string of the molecule is CC(C)[C@@H]1CC[C@@H](C)C[C@H]1OCC[N+](C)(C)C. The molecule has 0 aromatic rings. The molecule has 0 N–H and O–H groups in total. The van der Waals surface area contributed by atoms with Crippen LogP contribution in [-0.2, 0) is 4.74 Å². The summed E-state index contributed by atoms with van der Waals surface area (Å²) in [5.74, 6) is 2.38. The number of hydrogen-bond donors (Lipinski definition) is 0. The van der Waals surface area contributed by atoms with Gasteiger partial charge in [0.1, 0.15) is 6.54 Å². The molecule has 2 heteroatoms. The number of rotatable bonds is 5. The van der Waals surface area contributed by atoms with Crippen LogP contribution in [0.4, 0.5) is 0 Å². The van der Waals surface area contributed by atoms with Crippen molar-refractivity contribution in [1.82, 2.24) is 0 Å². The number of likely N-dealkylation sites (N-methyl/N-ethyl adjacent to an activating group) is 1. The quantitative estimate of drug-likeness (QED) is 0.673. The van der Waals surface area contributed by atoms with Gasteiger partial charge >= 0.3 is 0 Å². The van der Waals surface area contributed by atoms with Crippen LogP contribution in [0.2, 0.25) is 0 Å². The second-order valence-electron chi connectivity index (χ2n) is 7.25. The molecule has 1 saturated carbocycles. The molecule has 17 heavy (non-hydrogen) atoms. The van der Waals surface area contributed by atoms with Crippen molar-refractivity contribution in [1.29, 1.82) is 0 Å². The van der Waals surface area contributed by atoms with Gasteiger partial charge in [-0.25, -0.2) is 0 Å². The summed E-state index contributed by atoms with van der Waals surface area (Å²) in [7, 11) is 6.69. The number of ether oxygens (including phenoxy) is 1. The topological polar surface area (TPSA) is 9.23 Å². The Balaban J connectivity index is 2.41. The summed E-state index contributed by atoms with van der Waals surface area (Å²) in [6.07, 6.45) is 4.51. The van der Waals surface area contributed by atoms with Crippen LogP contribution in [-0.4, -0.2) is 44.9 Å². The van der Waals surface area contributed by atoms with Crippen molar-refractivity contribution in [2.45, 2.75) is 46.1 Å². The molecule has 0 aliphatic heterocycles. The van der Waals surface area contributed by atoms with E-state index in [9.17, 15) is 0 Å². The second-order valence-corrected chi connectivity index (χ2v) is 7.25. The van der Waals surface area contributed by atoms with Crippen LogP contribution in [0.25, 0.3) is 0 Å². The van der Waals surface area contributed by atoms with Gasteiger partial charge in [0.25, 0.3) is 0 Å². The lowest BCUT2D eigenvalue weighted by Gasteiger charge is -2.37. The van der Waals surface area contributed by atoms with Crippen LogP contribution >= 0.6 is 0 Å². The predicted molar refractivity (Wildman–Crippen MR) is 74.0 cm³/mol. The normalized spacial score (nSPS) is 30.9. The zero-order valence-corrected chi connectivity index (χ0v) is 12.7. The van der Waals surface area contributed by atoms with E-state index in [1.165, 1.54) is 19.3 Å². The van der Waals surface area contributed by atoms with Crippen molar-refractivity contribution >= 4 is 0 Å². The highest BCUT2D eigenvalue weighted by Crippen LogP contribution is 2.35. The minimum absolute atomic E-state index is 0.505. The Morgan fingerprint density at radius 2 is 1.82 bits per heavy atom. The fraction of sp³-hybridized carbons (Fsp3) is 1.00. The standard InChI is InChI=1S/C15H32NO/c1-12(2)14-8-7-13(3)11-15(14)17-10-9-16(4,5)6/h12-15H,7-11H2,1-6H3/q+1/t13-,14+,15-/m1/s1. The van der Waals surface area contributed by atoms with Crippen molar-refractivity contribution in [2.24, 2.45) is 17.8 Å². The van der Waals surface area contributed by atoms with Gasteiger partial charge in [0.2, 0.25) is 0 Å². The average molecular weight is 242 g/mol. The first-order chi connectivity index (χ1) is 7.79. The minimum atomic E-state index is 0.505. The molecule has 0 amide bonds. The Morgan fingerprint density at radius 1 is 1.18 bits per heavy atom. The molecule has 0 aromatic heterocycles. The maximum Gasteiger partial charge on any atom is 0.102 e. The third-order valence-electron chi connectivity index (χ3n) is 4.06. The van der Waals surface area contributed by atoms with Gasteiger partial charge in [-0.2, -0.15) is 0 Å². The first-order valence-electron chi connectivity index (χ1n) is 7.21. The lowest BCUT2D eigenvalue weighted by molar-refractivity contribution is -0.870. The van der Waals surface area contributed by atoms with E-state index in [0.29, 0.717) is 6.10 Å². The minimum Gasteiger partial charge on any atom is -0.372 e. The summed E-state index contributed by atoms with van der Waals surface area (Å²) < 4.78 is 7.18. The Labute approximate surface area is 108 Å². The van der Waals surface area contributed by atoms with E-state index in [-0.39, 0.29) is 0 Å². The zero-order valence-electron chi connectivity index (χ0n) is 12.7. The monoisotopic (exact) mass is 242 g/mol. The van der Waals surface area contributed by atoms with E-state index in [2.05, 4.69) is 41.9 Å². The Morgan fingerprint density at radius 3 is 2.35 bits per heavy atom. The fourth-order valence-electron chi connectivity index (χ4n) is 2.78. The molecule has 0 heterocycles. The Hall–Kier alpha value is -0.0800. The van der Waals surface area contributed by atoms with E-state index in [0.717, 1.165) is 35.4 Å². The largest absolute Gasteiger partial charge is 0.372 e. The van der Waals surface area contributed by atoms with Crippen molar-refractivity contribution < 1.29 is 9.22 Å². The summed E-state index contributed by atoms with van der Waals surface area (Å²) in [6.45, 7) is 9.07. The summed E-state index contributed by atoms with van der Waals surface area (Å²) in [6, 6.07) is 0. The highest BCUT2D eigenvalue weighted by atomic mass is 16.5. The molecule has 1 aliphatic carbocycles. The highest BCUT2D eigenvalue weighted by molar-refractivity contribution is 4.81. The molecule has 3 atom stereocenters. The fourth-order valence-corrected chi connectivity index (χ4v) is 2.78. The molecule has 0 bridgehead atoms. The molecule has 0 unspecified atom stereocenters. The summed E-state index contributed by atoms with van der Waals surface area (Å²) in [4.78, 5) is 0. The van der Waals surface area contributed by atoms with Crippen molar-refractivity contribution in [3.63, 3.8) is 0 Å². The number of nitrogens with zero attached hydrogens (tertiary/aromatic N) is 1. The van der Waals surface area contributed by atoms with Gasteiger partial charge < -0.3 is 9.22 Å². The van der Waals surface area contributed by atoms with Crippen LogP contribution in [0.3, 0.4) is 0 Å². The Bertz CT molecular complexity index is 219. The molecule has 1 fully saturated rings. The van der Waals surface area contributed by atoms with E-state index >= 15 is 0 Å². The molecule has 0 radical (unpaired) electrons. The van der Waals surface area contributed by atoms with Crippen LogP contribution in [0.1, 0.15) is 40.0 Å². The molecular weight excluding hydrogens is 210 g/mol. The first-order valence-corrected chi connectivity index (χ1v) is 7.21. The van der Waals surface area contributed by atoms with Gasteiger partial charge in [0.15, 0.2) is 0 Å². The lowest BCUT2D eigenvalue weighted by Crippen LogP contribution is -2.40. The second kappa shape index (κ2) is 6.19. The predicted octanol–water partition coefficient (Wildman–Crippen LogP) is 3.17. The van der Waals surface area contributed by atoms with Crippen LogP contribution in [0.15, 0.2) is 0 Å². The van der Waals surface area contributed by atoms with Gasteiger partial charge in [-0.15, -0.1) is 0 Å². The highest BCUT2D eigenvalue weighted by Gasteiger charge is 2.31. The summed E-state index contributed by atoms with van der Waals surface area (Å²) in [5, 5.41) is 0. The van der Waals surface area contributed by atoms with E-state index in [1.54, 1.807) is 0 Å². The average Bonchev–Trinajstić information content (AvgIpc) is 2.15. The molecule has 1 rings (SSSR count). The van der Waals surface area contributed by atoms with Gasteiger partial charge in [-0.05, 0) is 30.6 Å². The van der Waals surface area contributed by atoms with Gasteiger partial charge in [-0.1, -0.05) is 27.2 Å². The van der Waals surface area contributed by atoms with Gasteiger partial charge in [-0.3, -0.25) is 0 Å². The Kier molecular flexibility index (Phi) is 5.46. The summed E-state index contributed by atoms with van der Waals surface area (Å²) in [5.41, 5.74) is 0. The number of hydrogen-bond acceptors (Lipinski definition) is 1. The molecule has 2 nitrogen and oxygen atoms in total. The van der Waals surface area contributed by atoms with E-state index in [4.69, 9.17) is 4.74 Å². The molecule has 102 valence electrons. The third kappa shape index (κ3) is 5.39. The van der Waals surface area contributed by atoms with E-state index in [1.807, 2.05) is 0 Å². The van der Waals surface area contributed by atoms with E-state index < -0.39 is 0 Å². The molecule has 0 spiro atoms. The molecule has 0 saturated heterocycles. The zero-order chi connectivity index (χ0) is 13.1. The number of quaternary nitrogens is 1. The molecule has 1 aliphatic rings. The van der Waals surface area contributed by atoms with Crippen molar-refractivity contribution in [3.8, 4) is 0 Å². The summed E-state index contributed by atoms with van der Waals surface area (Å²) >= 11 is 0. The lowest BCUT2D eigenvalue weighted by atomic mass is 9.75. The van der Waals surface area contributed by atoms with Crippen LogP contribution in [0.5, 0.6) is 0 Å². The van der Waals surface area contributed by atoms with Crippen molar-refractivity contribution in [3.05, 3.63) is 0 Å². The molecule has 0 aromatic carbocycles. The first kappa shape index (κ1) is 15.0. The molecular formula is C15H32NO+.